The molecule has 0 saturated heterocycles. The van der Waals surface area contributed by atoms with E-state index < -0.39 is 0 Å². The van der Waals surface area contributed by atoms with Gasteiger partial charge in [0.25, 0.3) is 0 Å². The molecule has 6 heteroatoms. The van der Waals surface area contributed by atoms with Gasteiger partial charge in [-0.05, 0) is 19.8 Å². The average Bonchev–Trinajstić information content (AvgIpc) is 2.93. The lowest BCUT2D eigenvalue weighted by Gasteiger charge is -2.11. The van der Waals surface area contributed by atoms with Crippen molar-refractivity contribution in [3.8, 4) is 0 Å². The van der Waals surface area contributed by atoms with Crippen molar-refractivity contribution in [2.24, 2.45) is 0 Å². The Morgan fingerprint density at radius 1 is 1.30 bits per heavy atom. The molecule has 2 aromatic heterocycles. The highest BCUT2D eigenvalue weighted by Crippen LogP contribution is 2.20. The number of imidazole rings is 1. The van der Waals surface area contributed by atoms with E-state index in [0.717, 1.165) is 55.3 Å². The zero-order valence-electron chi connectivity index (χ0n) is 11.9. The van der Waals surface area contributed by atoms with Crippen LogP contribution in [0.15, 0.2) is 12.4 Å². The molecule has 0 aliphatic rings. The highest BCUT2D eigenvalue weighted by molar-refractivity contribution is 6.30. The number of nitrogens with one attached hydrogen (secondary N) is 2. The standard InChI is InChI=1S/C14H20ClN5/c1-3-5-12-19-13(15)10(2)14(20-12)18-7-4-6-11-16-8-9-17-11/h8-9H,3-7H2,1-2H3,(H,16,17)(H,18,19,20). The predicted octanol–water partition coefficient (Wildman–Crippen LogP) is 3.16. The Hall–Kier alpha value is -1.62. The Balaban J connectivity index is 1.91. The van der Waals surface area contributed by atoms with Crippen LogP contribution < -0.4 is 5.32 Å². The molecule has 108 valence electrons. The third-order valence-electron chi connectivity index (χ3n) is 3.04. The molecule has 0 radical (unpaired) electrons. The maximum Gasteiger partial charge on any atom is 0.137 e. The van der Waals surface area contributed by atoms with Crippen LogP contribution in [0, 0.1) is 6.92 Å². The van der Waals surface area contributed by atoms with Crippen LogP contribution in [0.5, 0.6) is 0 Å². The lowest BCUT2D eigenvalue weighted by molar-refractivity contribution is 0.801. The summed E-state index contributed by atoms with van der Waals surface area (Å²) in [5.41, 5.74) is 0.907. The van der Waals surface area contributed by atoms with Crippen molar-refractivity contribution in [3.63, 3.8) is 0 Å². The third-order valence-corrected chi connectivity index (χ3v) is 3.41. The molecular formula is C14H20ClN5. The summed E-state index contributed by atoms with van der Waals surface area (Å²) in [6.07, 6.45) is 7.37. The Morgan fingerprint density at radius 3 is 2.85 bits per heavy atom. The van der Waals surface area contributed by atoms with Gasteiger partial charge in [-0.2, -0.15) is 0 Å². The van der Waals surface area contributed by atoms with Gasteiger partial charge in [-0.25, -0.2) is 15.0 Å². The second-order valence-electron chi connectivity index (χ2n) is 4.72. The summed E-state index contributed by atoms with van der Waals surface area (Å²) in [6.45, 7) is 4.88. The average molecular weight is 294 g/mol. The van der Waals surface area contributed by atoms with Gasteiger partial charge in [0.05, 0.1) is 0 Å². The molecule has 0 saturated carbocycles. The van der Waals surface area contributed by atoms with Crippen LogP contribution in [0.25, 0.3) is 0 Å². The van der Waals surface area contributed by atoms with Crippen molar-refractivity contribution in [2.75, 3.05) is 11.9 Å². The summed E-state index contributed by atoms with van der Waals surface area (Å²) in [7, 11) is 0. The lowest BCUT2D eigenvalue weighted by atomic mass is 10.2. The maximum atomic E-state index is 6.14. The van der Waals surface area contributed by atoms with Crippen LogP contribution in [0.4, 0.5) is 5.82 Å². The van der Waals surface area contributed by atoms with Gasteiger partial charge < -0.3 is 10.3 Å². The van der Waals surface area contributed by atoms with Crippen molar-refractivity contribution in [1.29, 1.82) is 0 Å². The number of aromatic nitrogens is 4. The molecule has 2 heterocycles. The number of aromatic amines is 1. The van der Waals surface area contributed by atoms with Gasteiger partial charge in [0, 0.05) is 37.3 Å². The van der Waals surface area contributed by atoms with E-state index in [2.05, 4.69) is 32.2 Å². The Labute approximate surface area is 124 Å². The molecule has 0 fully saturated rings. The largest absolute Gasteiger partial charge is 0.370 e. The lowest BCUT2D eigenvalue weighted by Crippen LogP contribution is -2.09. The first-order valence-electron chi connectivity index (χ1n) is 6.95. The fraction of sp³-hybridized carbons (Fsp3) is 0.500. The van der Waals surface area contributed by atoms with Crippen molar-refractivity contribution in [3.05, 3.63) is 34.8 Å². The minimum absolute atomic E-state index is 0.539. The Morgan fingerprint density at radius 2 is 2.15 bits per heavy atom. The fourth-order valence-electron chi connectivity index (χ4n) is 1.94. The number of aryl methyl sites for hydroxylation is 2. The molecule has 0 atom stereocenters. The van der Waals surface area contributed by atoms with Crippen LogP contribution >= 0.6 is 11.6 Å². The molecule has 2 rings (SSSR count). The number of hydrogen-bond acceptors (Lipinski definition) is 4. The van der Waals surface area contributed by atoms with Crippen LogP contribution in [-0.2, 0) is 12.8 Å². The second-order valence-corrected chi connectivity index (χ2v) is 5.08. The topological polar surface area (TPSA) is 66.5 Å². The van der Waals surface area contributed by atoms with Crippen LogP contribution in [0.1, 0.15) is 37.0 Å². The van der Waals surface area contributed by atoms with Gasteiger partial charge in [-0.3, -0.25) is 0 Å². The van der Waals surface area contributed by atoms with Gasteiger partial charge in [0.15, 0.2) is 0 Å². The Bertz CT molecular complexity index is 539. The quantitative estimate of drug-likeness (QED) is 0.608. The van der Waals surface area contributed by atoms with Gasteiger partial charge in [0.2, 0.25) is 0 Å². The number of anilines is 1. The van der Waals surface area contributed by atoms with Gasteiger partial charge in [-0.15, -0.1) is 0 Å². The predicted molar refractivity (Wildman–Crippen MR) is 81.2 cm³/mol. The van der Waals surface area contributed by atoms with E-state index in [1.807, 2.05) is 13.1 Å². The summed E-state index contributed by atoms with van der Waals surface area (Å²) < 4.78 is 0. The number of hydrogen-bond donors (Lipinski definition) is 2. The third kappa shape index (κ3) is 3.93. The number of rotatable bonds is 7. The molecule has 2 N–H and O–H groups in total. The molecule has 0 bridgehead atoms. The van der Waals surface area contributed by atoms with Gasteiger partial charge >= 0.3 is 0 Å². The van der Waals surface area contributed by atoms with E-state index >= 15 is 0 Å². The van der Waals surface area contributed by atoms with E-state index in [-0.39, 0.29) is 0 Å². The number of H-pyrrole nitrogens is 1. The molecule has 20 heavy (non-hydrogen) atoms. The summed E-state index contributed by atoms with van der Waals surface area (Å²) in [4.78, 5) is 16.1. The van der Waals surface area contributed by atoms with Crippen LogP contribution in [0.2, 0.25) is 5.15 Å². The van der Waals surface area contributed by atoms with Gasteiger partial charge in [-0.1, -0.05) is 18.5 Å². The number of nitrogens with zero attached hydrogens (tertiary/aromatic N) is 3. The molecule has 0 amide bonds. The maximum absolute atomic E-state index is 6.14. The molecule has 5 nitrogen and oxygen atoms in total. The van der Waals surface area contributed by atoms with Crippen molar-refractivity contribution >= 4 is 17.4 Å². The summed E-state index contributed by atoms with van der Waals surface area (Å²) >= 11 is 6.14. The molecular weight excluding hydrogens is 274 g/mol. The van der Waals surface area contributed by atoms with Gasteiger partial charge in [0.1, 0.15) is 22.6 Å². The highest BCUT2D eigenvalue weighted by Gasteiger charge is 2.08. The molecule has 0 spiro atoms. The zero-order valence-corrected chi connectivity index (χ0v) is 12.7. The SMILES string of the molecule is CCCc1nc(Cl)c(C)c(NCCCc2ncc[nH]2)n1. The van der Waals surface area contributed by atoms with Crippen LogP contribution in [-0.4, -0.2) is 26.5 Å². The van der Waals surface area contributed by atoms with E-state index in [4.69, 9.17) is 11.6 Å². The van der Waals surface area contributed by atoms with Crippen molar-refractivity contribution in [2.45, 2.75) is 39.5 Å². The Kier molecular flexibility index (Phi) is 5.35. The summed E-state index contributed by atoms with van der Waals surface area (Å²) in [6, 6.07) is 0. The second kappa shape index (κ2) is 7.24. The van der Waals surface area contributed by atoms with Crippen LogP contribution in [0.3, 0.4) is 0 Å². The fourth-order valence-corrected chi connectivity index (χ4v) is 2.12. The minimum Gasteiger partial charge on any atom is -0.370 e. The monoisotopic (exact) mass is 293 g/mol. The first-order valence-corrected chi connectivity index (χ1v) is 7.33. The van der Waals surface area contributed by atoms with Crippen molar-refractivity contribution in [1.82, 2.24) is 19.9 Å². The molecule has 0 aliphatic carbocycles. The normalized spacial score (nSPS) is 10.8. The minimum atomic E-state index is 0.539. The van der Waals surface area contributed by atoms with E-state index in [9.17, 15) is 0 Å². The first kappa shape index (κ1) is 14.8. The molecule has 2 aromatic rings. The van der Waals surface area contributed by atoms with E-state index in [0.29, 0.717) is 5.15 Å². The highest BCUT2D eigenvalue weighted by atomic mass is 35.5. The zero-order chi connectivity index (χ0) is 14.4. The smallest absolute Gasteiger partial charge is 0.137 e. The molecule has 0 aliphatic heterocycles. The summed E-state index contributed by atoms with van der Waals surface area (Å²) in [5, 5.41) is 3.88. The van der Waals surface area contributed by atoms with E-state index in [1.165, 1.54) is 0 Å². The summed E-state index contributed by atoms with van der Waals surface area (Å²) in [5.74, 6) is 2.65. The molecule has 0 aromatic carbocycles. The number of halogens is 1. The molecule has 0 unspecified atom stereocenters. The van der Waals surface area contributed by atoms with Crippen molar-refractivity contribution < 1.29 is 0 Å². The first-order chi connectivity index (χ1) is 9.70. The van der Waals surface area contributed by atoms with E-state index in [1.54, 1.807) is 6.20 Å².